The molecule has 0 amide bonds. The van der Waals surface area contributed by atoms with Crippen molar-refractivity contribution >= 4 is 12.9 Å². The van der Waals surface area contributed by atoms with Gasteiger partial charge in [0.15, 0.2) is 0 Å². The Labute approximate surface area is 141 Å². The summed E-state index contributed by atoms with van der Waals surface area (Å²) in [4.78, 5) is 19.0. The average molecular weight is 364 g/mol. The zero-order chi connectivity index (χ0) is 18.2. The highest BCUT2D eigenvalue weighted by atomic mass is 31.2. The average Bonchev–Trinajstić information content (AvgIpc) is 2.53. The minimum Gasteiger partial charge on any atom is -0.321 e. The van der Waals surface area contributed by atoms with Gasteiger partial charge in [-0.15, -0.1) is 0 Å². The minimum absolute atomic E-state index is 0.0194. The van der Waals surface area contributed by atoms with Crippen molar-refractivity contribution in [3.8, 4) is 22.3 Å². The Morgan fingerprint density at radius 3 is 1.88 bits per heavy atom. The molecule has 0 atom stereocenters. The van der Waals surface area contributed by atoms with Crippen LogP contribution in [0.5, 0.6) is 0 Å². The molecule has 0 aliphatic carbocycles. The van der Waals surface area contributed by atoms with Gasteiger partial charge in [-0.05, 0) is 41.5 Å². The summed E-state index contributed by atoms with van der Waals surface area (Å²) >= 11 is 0. The molecule has 0 aliphatic heterocycles. The normalized spacial score (nSPS) is 11.6. The molecule has 0 heterocycles. The van der Waals surface area contributed by atoms with Crippen LogP contribution in [0.2, 0.25) is 0 Å². The van der Waals surface area contributed by atoms with Crippen LogP contribution >= 0.6 is 7.60 Å². The first kappa shape index (κ1) is 17.4. The Bertz CT molecular complexity index is 999. The minimum atomic E-state index is -4.82. The Hall–Kier alpha value is -2.40. The molecule has 0 saturated heterocycles. The van der Waals surface area contributed by atoms with Crippen LogP contribution in [0.4, 0.5) is 13.2 Å². The van der Waals surface area contributed by atoms with Crippen molar-refractivity contribution in [3.05, 3.63) is 78.1 Å². The van der Waals surface area contributed by atoms with Gasteiger partial charge in [0.25, 0.3) is 0 Å². The second-order valence-corrected chi connectivity index (χ2v) is 6.96. The third-order valence-corrected chi connectivity index (χ3v) is 4.68. The SMILES string of the molecule is O=P(O)(O)c1ccc(-c2cccc(F)c2)c(F)c1-c1cccc(F)c1. The molecule has 25 heavy (non-hydrogen) atoms. The van der Waals surface area contributed by atoms with Crippen molar-refractivity contribution in [2.75, 3.05) is 0 Å². The molecule has 0 unspecified atom stereocenters. The van der Waals surface area contributed by atoms with Crippen LogP contribution < -0.4 is 5.30 Å². The molecule has 0 radical (unpaired) electrons. The van der Waals surface area contributed by atoms with Crippen LogP contribution in [0.25, 0.3) is 22.3 Å². The largest absolute Gasteiger partial charge is 0.356 e. The van der Waals surface area contributed by atoms with E-state index in [4.69, 9.17) is 0 Å². The highest BCUT2D eigenvalue weighted by Gasteiger charge is 2.27. The maximum absolute atomic E-state index is 15.1. The third kappa shape index (κ3) is 3.51. The number of hydrogen-bond acceptors (Lipinski definition) is 1. The highest BCUT2D eigenvalue weighted by molar-refractivity contribution is 7.60. The molecule has 0 spiro atoms. The smallest absolute Gasteiger partial charge is 0.321 e. The number of rotatable bonds is 3. The lowest BCUT2D eigenvalue weighted by Crippen LogP contribution is -2.11. The van der Waals surface area contributed by atoms with Crippen molar-refractivity contribution in [1.82, 2.24) is 0 Å². The summed E-state index contributed by atoms with van der Waals surface area (Å²) in [5.74, 6) is -2.22. The van der Waals surface area contributed by atoms with Gasteiger partial charge in [0.1, 0.15) is 17.5 Å². The summed E-state index contributed by atoms with van der Waals surface area (Å²) in [6.45, 7) is 0. The van der Waals surface area contributed by atoms with E-state index in [1.807, 2.05) is 0 Å². The van der Waals surface area contributed by atoms with Crippen molar-refractivity contribution < 1.29 is 27.5 Å². The predicted molar refractivity (Wildman–Crippen MR) is 88.9 cm³/mol. The molecule has 3 aromatic carbocycles. The molecule has 0 aliphatic rings. The van der Waals surface area contributed by atoms with E-state index in [0.29, 0.717) is 0 Å². The lowest BCUT2D eigenvalue weighted by molar-refractivity contribution is 0.387. The maximum Gasteiger partial charge on any atom is 0.356 e. The second kappa shape index (κ2) is 6.48. The zero-order valence-corrected chi connectivity index (χ0v) is 13.6. The number of hydrogen-bond donors (Lipinski definition) is 2. The van der Waals surface area contributed by atoms with Gasteiger partial charge in [-0.25, -0.2) is 13.2 Å². The molecule has 128 valence electrons. The lowest BCUT2D eigenvalue weighted by Gasteiger charge is -2.15. The molecule has 2 N–H and O–H groups in total. The highest BCUT2D eigenvalue weighted by Crippen LogP contribution is 2.41. The third-order valence-electron chi connectivity index (χ3n) is 3.68. The van der Waals surface area contributed by atoms with Crippen LogP contribution in [0, 0.1) is 17.5 Å². The van der Waals surface area contributed by atoms with Gasteiger partial charge in [0.05, 0.1) is 5.30 Å². The van der Waals surface area contributed by atoms with Crippen LogP contribution in [-0.2, 0) is 4.57 Å². The topological polar surface area (TPSA) is 57.5 Å². The Morgan fingerprint density at radius 2 is 1.32 bits per heavy atom. The van der Waals surface area contributed by atoms with Crippen molar-refractivity contribution in [2.45, 2.75) is 0 Å². The summed E-state index contributed by atoms with van der Waals surface area (Å²) in [6, 6.07) is 12.2. The monoisotopic (exact) mass is 364 g/mol. The Balaban J connectivity index is 2.33. The molecular weight excluding hydrogens is 352 g/mol. The fraction of sp³-hybridized carbons (Fsp3) is 0. The van der Waals surface area contributed by atoms with E-state index in [1.165, 1.54) is 36.4 Å². The van der Waals surface area contributed by atoms with E-state index in [-0.39, 0.29) is 16.7 Å². The lowest BCUT2D eigenvalue weighted by atomic mass is 9.97. The molecule has 3 nitrogen and oxygen atoms in total. The molecule has 7 heteroatoms. The molecule has 0 fully saturated rings. The van der Waals surface area contributed by atoms with Gasteiger partial charge in [-0.2, -0.15) is 0 Å². The number of benzene rings is 3. The van der Waals surface area contributed by atoms with Crippen LogP contribution in [0.3, 0.4) is 0 Å². The van der Waals surface area contributed by atoms with E-state index in [9.17, 15) is 23.1 Å². The van der Waals surface area contributed by atoms with E-state index in [2.05, 4.69) is 0 Å². The van der Waals surface area contributed by atoms with Gasteiger partial charge >= 0.3 is 7.60 Å². The summed E-state index contributed by atoms with van der Waals surface area (Å²) in [7, 11) is -4.82. The Morgan fingerprint density at radius 1 is 0.760 bits per heavy atom. The molecular formula is C18H12F3O3P. The van der Waals surface area contributed by atoms with E-state index < -0.39 is 35.9 Å². The second-order valence-electron chi connectivity index (χ2n) is 5.39. The molecule has 3 rings (SSSR count). The fourth-order valence-corrected chi connectivity index (χ4v) is 3.39. The van der Waals surface area contributed by atoms with Crippen LogP contribution in [-0.4, -0.2) is 9.79 Å². The molecule has 3 aromatic rings. The van der Waals surface area contributed by atoms with E-state index in [1.54, 1.807) is 0 Å². The van der Waals surface area contributed by atoms with Gasteiger partial charge < -0.3 is 9.79 Å². The predicted octanol–water partition coefficient (Wildman–Crippen LogP) is 4.24. The fourth-order valence-electron chi connectivity index (χ4n) is 2.61. The van der Waals surface area contributed by atoms with Crippen LogP contribution in [0.15, 0.2) is 60.7 Å². The first-order chi connectivity index (χ1) is 11.8. The first-order valence-electron chi connectivity index (χ1n) is 7.18. The van der Waals surface area contributed by atoms with Gasteiger partial charge in [0, 0.05) is 11.1 Å². The Kier molecular flexibility index (Phi) is 4.52. The molecule has 0 saturated carbocycles. The van der Waals surface area contributed by atoms with Crippen molar-refractivity contribution in [1.29, 1.82) is 0 Å². The first-order valence-corrected chi connectivity index (χ1v) is 8.79. The molecule has 0 aromatic heterocycles. The van der Waals surface area contributed by atoms with Gasteiger partial charge in [0.2, 0.25) is 0 Å². The quantitative estimate of drug-likeness (QED) is 0.684. The summed E-state index contributed by atoms with van der Waals surface area (Å²) in [6.07, 6.45) is 0. The summed E-state index contributed by atoms with van der Waals surface area (Å²) < 4.78 is 53.8. The summed E-state index contributed by atoms with van der Waals surface area (Å²) in [5, 5.41) is -0.559. The van der Waals surface area contributed by atoms with Crippen molar-refractivity contribution in [2.24, 2.45) is 0 Å². The van der Waals surface area contributed by atoms with Crippen LogP contribution in [0.1, 0.15) is 0 Å². The summed E-state index contributed by atoms with van der Waals surface area (Å²) in [5.41, 5.74) is -0.271. The van der Waals surface area contributed by atoms with E-state index in [0.717, 1.165) is 24.3 Å². The van der Waals surface area contributed by atoms with Crippen molar-refractivity contribution in [3.63, 3.8) is 0 Å². The zero-order valence-electron chi connectivity index (χ0n) is 12.7. The van der Waals surface area contributed by atoms with Gasteiger partial charge in [-0.3, -0.25) is 4.57 Å². The molecule has 0 bridgehead atoms. The van der Waals surface area contributed by atoms with E-state index >= 15 is 4.39 Å². The maximum atomic E-state index is 15.1. The van der Waals surface area contributed by atoms with Gasteiger partial charge in [-0.1, -0.05) is 30.3 Å². The standard InChI is InChI=1S/C18H12F3O3P/c19-13-5-1-3-11(9-13)15-7-8-16(25(22,23)24)17(18(15)21)12-4-2-6-14(20)10-12/h1-10H,(H2,22,23,24). The number of halogens is 3.